The average Bonchev–Trinajstić information content (AvgIpc) is 2.39. The van der Waals surface area contributed by atoms with Crippen LogP contribution in [0.5, 0.6) is 0 Å². The molecule has 1 heterocycles. The summed E-state index contributed by atoms with van der Waals surface area (Å²) >= 11 is 0. The van der Waals surface area contributed by atoms with E-state index in [9.17, 15) is 9.59 Å². The number of carboxylic acid groups (broad SMARTS) is 1. The molecule has 2 amide bonds. The zero-order valence-corrected chi connectivity index (χ0v) is 10.9. The van der Waals surface area contributed by atoms with Gasteiger partial charge in [0.2, 0.25) is 0 Å². The number of hydrogen-bond acceptors (Lipinski definition) is 3. The molecule has 0 aromatic carbocycles. The van der Waals surface area contributed by atoms with Gasteiger partial charge in [-0.3, -0.25) is 0 Å². The van der Waals surface area contributed by atoms with Gasteiger partial charge in [-0.15, -0.1) is 12.3 Å². The zero-order valence-electron chi connectivity index (χ0n) is 10.9. The smallest absolute Gasteiger partial charge is 0.327 e. The first kappa shape index (κ1) is 15.3. The van der Waals surface area contributed by atoms with Gasteiger partial charge in [0.25, 0.3) is 0 Å². The number of nitrogens with one attached hydrogen (secondary N) is 2. The van der Waals surface area contributed by atoms with Crippen molar-refractivity contribution in [3.05, 3.63) is 0 Å². The van der Waals surface area contributed by atoms with Crippen molar-refractivity contribution >= 4 is 12.0 Å². The summed E-state index contributed by atoms with van der Waals surface area (Å²) in [6.07, 6.45) is 9.19. The Hall–Kier alpha value is -1.74. The summed E-state index contributed by atoms with van der Waals surface area (Å²) in [7, 11) is 0. The van der Waals surface area contributed by atoms with Gasteiger partial charge in [-0.2, -0.15) is 0 Å². The third kappa shape index (κ3) is 6.11. The summed E-state index contributed by atoms with van der Waals surface area (Å²) in [4.78, 5) is 22.3. The second kappa shape index (κ2) is 8.38. The third-order valence-corrected chi connectivity index (χ3v) is 2.95. The highest BCUT2D eigenvalue weighted by Crippen LogP contribution is 2.14. The molecule has 0 spiro atoms. The number of rotatable bonds is 6. The fraction of sp³-hybridized carbons (Fsp3) is 0.692. The predicted octanol–water partition coefficient (Wildman–Crippen LogP) is 0.721. The molecular formula is C13H20N2O4. The normalized spacial score (nSPS) is 20.1. The molecule has 0 radical (unpaired) electrons. The molecule has 0 aromatic heterocycles. The lowest BCUT2D eigenvalue weighted by Crippen LogP contribution is -2.46. The van der Waals surface area contributed by atoms with Crippen LogP contribution in [0.15, 0.2) is 0 Å². The van der Waals surface area contributed by atoms with Gasteiger partial charge in [0.15, 0.2) is 0 Å². The van der Waals surface area contributed by atoms with Gasteiger partial charge in [0, 0.05) is 19.6 Å². The lowest BCUT2D eigenvalue weighted by molar-refractivity contribution is -0.139. The summed E-state index contributed by atoms with van der Waals surface area (Å²) in [6, 6.07) is -1.56. The molecule has 3 N–H and O–H groups in total. The van der Waals surface area contributed by atoms with Gasteiger partial charge >= 0.3 is 12.0 Å². The van der Waals surface area contributed by atoms with E-state index in [0.29, 0.717) is 6.54 Å². The minimum Gasteiger partial charge on any atom is -0.480 e. The highest BCUT2D eigenvalue weighted by molar-refractivity contribution is 5.82. The Morgan fingerprint density at radius 2 is 2.26 bits per heavy atom. The fourth-order valence-corrected chi connectivity index (χ4v) is 1.91. The van der Waals surface area contributed by atoms with Crippen molar-refractivity contribution in [1.29, 1.82) is 0 Å². The lowest BCUT2D eigenvalue weighted by Gasteiger charge is -2.22. The van der Waals surface area contributed by atoms with Gasteiger partial charge in [0.1, 0.15) is 6.04 Å². The maximum atomic E-state index is 11.5. The van der Waals surface area contributed by atoms with Gasteiger partial charge in [0.05, 0.1) is 6.10 Å². The highest BCUT2D eigenvalue weighted by Gasteiger charge is 2.19. The monoisotopic (exact) mass is 268 g/mol. The van der Waals surface area contributed by atoms with E-state index in [4.69, 9.17) is 16.3 Å². The van der Waals surface area contributed by atoms with E-state index in [0.717, 1.165) is 32.3 Å². The van der Waals surface area contributed by atoms with E-state index in [1.54, 1.807) is 0 Å². The summed E-state index contributed by atoms with van der Waals surface area (Å²) in [5.41, 5.74) is 0. The molecular weight excluding hydrogens is 248 g/mol. The Morgan fingerprint density at radius 3 is 2.84 bits per heavy atom. The van der Waals surface area contributed by atoms with Gasteiger partial charge in [-0.05, 0) is 25.7 Å². The van der Waals surface area contributed by atoms with Crippen molar-refractivity contribution in [2.75, 3.05) is 13.2 Å². The average molecular weight is 268 g/mol. The SMILES string of the molecule is C#CCC(NC(=O)NCCC1CCCCO1)C(=O)O. The molecule has 106 valence electrons. The Labute approximate surface area is 112 Å². The summed E-state index contributed by atoms with van der Waals surface area (Å²) in [5.74, 6) is 1.08. The van der Waals surface area contributed by atoms with Crippen LogP contribution >= 0.6 is 0 Å². The van der Waals surface area contributed by atoms with E-state index >= 15 is 0 Å². The molecule has 1 fully saturated rings. The van der Waals surface area contributed by atoms with Crippen LogP contribution in [-0.2, 0) is 9.53 Å². The molecule has 0 aromatic rings. The van der Waals surface area contributed by atoms with Crippen LogP contribution in [0, 0.1) is 12.3 Å². The van der Waals surface area contributed by atoms with Gasteiger partial charge in [-0.1, -0.05) is 0 Å². The number of aliphatic carboxylic acids is 1. The molecule has 6 nitrogen and oxygen atoms in total. The standard InChI is InChI=1S/C13H20N2O4/c1-2-5-11(12(16)17)15-13(18)14-8-7-10-6-3-4-9-19-10/h1,10-11H,3-9H2,(H,16,17)(H2,14,15,18). The molecule has 1 rings (SSSR count). The minimum atomic E-state index is -1.14. The van der Waals surface area contributed by atoms with E-state index in [2.05, 4.69) is 16.6 Å². The van der Waals surface area contributed by atoms with E-state index < -0.39 is 18.0 Å². The van der Waals surface area contributed by atoms with Crippen LogP contribution in [0.2, 0.25) is 0 Å². The minimum absolute atomic E-state index is 0.0332. The van der Waals surface area contributed by atoms with Gasteiger partial charge in [-0.25, -0.2) is 9.59 Å². The van der Waals surface area contributed by atoms with Crippen LogP contribution in [0.4, 0.5) is 4.79 Å². The number of carbonyl (C=O) groups is 2. The summed E-state index contributed by atoms with van der Waals surface area (Å²) in [5, 5.41) is 13.8. The molecule has 2 atom stereocenters. The molecule has 0 aliphatic carbocycles. The second-order valence-corrected chi connectivity index (χ2v) is 4.48. The molecule has 1 saturated heterocycles. The van der Waals surface area contributed by atoms with Crippen LogP contribution in [0.25, 0.3) is 0 Å². The van der Waals surface area contributed by atoms with Crippen molar-refractivity contribution in [1.82, 2.24) is 10.6 Å². The zero-order chi connectivity index (χ0) is 14.1. The number of urea groups is 1. The van der Waals surface area contributed by atoms with Crippen molar-refractivity contribution in [2.45, 2.75) is 44.2 Å². The Bertz CT molecular complexity index is 345. The maximum Gasteiger partial charge on any atom is 0.327 e. The Balaban J connectivity index is 2.19. The number of amides is 2. The molecule has 1 aliphatic heterocycles. The largest absolute Gasteiger partial charge is 0.480 e. The number of terminal acetylenes is 1. The first-order valence-electron chi connectivity index (χ1n) is 6.45. The molecule has 0 saturated carbocycles. The molecule has 1 aliphatic rings. The van der Waals surface area contributed by atoms with Gasteiger partial charge < -0.3 is 20.5 Å². The molecule has 19 heavy (non-hydrogen) atoms. The number of ether oxygens (including phenoxy) is 1. The third-order valence-electron chi connectivity index (χ3n) is 2.95. The van der Waals surface area contributed by atoms with E-state index in [1.807, 2.05) is 0 Å². The quantitative estimate of drug-likeness (QED) is 0.619. The predicted molar refractivity (Wildman–Crippen MR) is 69.6 cm³/mol. The second-order valence-electron chi connectivity index (χ2n) is 4.48. The highest BCUT2D eigenvalue weighted by atomic mass is 16.5. The lowest BCUT2D eigenvalue weighted by atomic mass is 10.1. The Kier molecular flexibility index (Phi) is 6.75. The first-order chi connectivity index (χ1) is 9.13. The number of hydrogen-bond donors (Lipinski definition) is 3. The van der Waals surface area contributed by atoms with Crippen LogP contribution in [0.1, 0.15) is 32.1 Å². The summed E-state index contributed by atoms with van der Waals surface area (Å²) < 4.78 is 5.53. The molecule has 6 heteroatoms. The van der Waals surface area contributed by atoms with Crippen molar-refractivity contribution in [3.8, 4) is 12.3 Å². The Morgan fingerprint density at radius 1 is 1.47 bits per heavy atom. The molecule has 2 unspecified atom stereocenters. The van der Waals surface area contributed by atoms with E-state index in [-0.39, 0.29) is 12.5 Å². The molecule has 0 bridgehead atoms. The number of carbonyl (C=O) groups excluding carboxylic acids is 1. The number of carboxylic acids is 1. The van der Waals surface area contributed by atoms with Crippen LogP contribution < -0.4 is 10.6 Å². The van der Waals surface area contributed by atoms with Crippen molar-refractivity contribution in [3.63, 3.8) is 0 Å². The first-order valence-corrected chi connectivity index (χ1v) is 6.45. The fourth-order valence-electron chi connectivity index (χ4n) is 1.91. The summed E-state index contributed by atoms with van der Waals surface area (Å²) in [6.45, 7) is 1.24. The topological polar surface area (TPSA) is 87.7 Å². The maximum absolute atomic E-state index is 11.5. The van der Waals surface area contributed by atoms with Crippen LogP contribution in [-0.4, -0.2) is 42.4 Å². The van der Waals surface area contributed by atoms with E-state index in [1.165, 1.54) is 0 Å². The van der Waals surface area contributed by atoms with Crippen LogP contribution in [0.3, 0.4) is 0 Å². The van der Waals surface area contributed by atoms with Crippen molar-refractivity contribution in [2.24, 2.45) is 0 Å². The van der Waals surface area contributed by atoms with Crippen molar-refractivity contribution < 1.29 is 19.4 Å².